The maximum Gasteiger partial charge on any atom is 0.293 e. The van der Waals surface area contributed by atoms with E-state index in [4.69, 9.17) is 0 Å². The zero-order chi connectivity index (χ0) is 19.2. The Morgan fingerprint density at radius 3 is 2.46 bits per heavy atom. The summed E-state index contributed by atoms with van der Waals surface area (Å²) in [6, 6.07) is 12.7. The number of hydrogen-bond acceptors (Lipinski definition) is 6. The van der Waals surface area contributed by atoms with Crippen molar-refractivity contribution >= 4 is 27.3 Å². The third-order valence-electron chi connectivity index (χ3n) is 3.52. The van der Waals surface area contributed by atoms with E-state index in [2.05, 4.69) is 15.4 Å². The first-order chi connectivity index (χ1) is 12.3. The van der Waals surface area contributed by atoms with Gasteiger partial charge >= 0.3 is 0 Å². The Morgan fingerprint density at radius 1 is 1.15 bits per heavy atom. The molecule has 0 heterocycles. The maximum absolute atomic E-state index is 11.9. The predicted octanol–water partition coefficient (Wildman–Crippen LogP) is 1.23. The number of nitrogens with zero attached hydrogens (tertiary/aromatic N) is 1. The molecule has 0 unspecified atom stereocenters. The number of nitrogens with one attached hydrogen (secondary N) is 3. The minimum absolute atomic E-state index is 0.0555. The summed E-state index contributed by atoms with van der Waals surface area (Å²) in [6.45, 7) is 0.147. The van der Waals surface area contributed by atoms with E-state index in [-0.39, 0.29) is 23.0 Å². The Labute approximate surface area is 150 Å². The number of carbonyl (C=O) groups excluding carboxylic acids is 1. The zero-order valence-corrected chi connectivity index (χ0v) is 14.7. The van der Waals surface area contributed by atoms with Gasteiger partial charge in [0, 0.05) is 12.6 Å². The number of sulfonamides is 1. The molecule has 1 amide bonds. The van der Waals surface area contributed by atoms with Gasteiger partial charge < -0.3 is 10.6 Å². The molecule has 0 saturated carbocycles. The van der Waals surface area contributed by atoms with Crippen LogP contribution in [0.2, 0.25) is 0 Å². The predicted molar refractivity (Wildman–Crippen MR) is 96.1 cm³/mol. The van der Waals surface area contributed by atoms with Gasteiger partial charge in [-0.3, -0.25) is 14.9 Å². The Balaban J connectivity index is 2.04. The number of rotatable bonds is 8. The zero-order valence-electron chi connectivity index (χ0n) is 13.9. The Morgan fingerprint density at radius 2 is 1.85 bits per heavy atom. The summed E-state index contributed by atoms with van der Waals surface area (Å²) in [4.78, 5) is 22.1. The van der Waals surface area contributed by atoms with Crippen LogP contribution in [0.5, 0.6) is 0 Å². The molecule has 138 valence electrons. The SMILES string of the molecule is CNS(=O)(=O)c1ccc(NCC(=O)NCc2ccccc2)c([N+](=O)[O-])c1. The molecule has 2 aromatic rings. The van der Waals surface area contributed by atoms with E-state index in [1.165, 1.54) is 19.2 Å². The normalized spacial score (nSPS) is 11.0. The van der Waals surface area contributed by atoms with Gasteiger partial charge in [0.25, 0.3) is 5.69 Å². The summed E-state index contributed by atoms with van der Waals surface area (Å²) in [5, 5.41) is 16.5. The largest absolute Gasteiger partial charge is 0.371 e. The summed E-state index contributed by atoms with van der Waals surface area (Å²) in [5.74, 6) is -0.352. The third kappa shape index (κ3) is 5.01. The highest BCUT2D eigenvalue weighted by molar-refractivity contribution is 7.89. The maximum atomic E-state index is 11.9. The first-order valence-electron chi connectivity index (χ1n) is 7.60. The molecule has 0 aliphatic heterocycles. The van der Waals surface area contributed by atoms with Crippen molar-refractivity contribution in [1.29, 1.82) is 0 Å². The van der Waals surface area contributed by atoms with Crippen molar-refractivity contribution in [2.24, 2.45) is 0 Å². The van der Waals surface area contributed by atoms with Gasteiger partial charge in [-0.25, -0.2) is 13.1 Å². The molecule has 2 rings (SSSR count). The summed E-state index contributed by atoms with van der Waals surface area (Å²) >= 11 is 0. The molecular formula is C16H18N4O5S. The highest BCUT2D eigenvalue weighted by Gasteiger charge is 2.20. The number of nitro groups is 1. The topological polar surface area (TPSA) is 130 Å². The lowest BCUT2D eigenvalue weighted by Crippen LogP contribution is -2.29. The third-order valence-corrected chi connectivity index (χ3v) is 4.93. The van der Waals surface area contributed by atoms with E-state index in [1.807, 2.05) is 30.3 Å². The van der Waals surface area contributed by atoms with Gasteiger partial charge in [0.05, 0.1) is 16.4 Å². The van der Waals surface area contributed by atoms with Gasteiger partial charge in [-0.1, -0.05) is 30.3 Å². The van der Waals surface area contributed by atoms with Crippen LogP contribution < -0.4 is 15.4 Å². The number of nitro benzene ring substituents is 1. The van der Waals surface area contributed by atoms with Crippen LogP contribution in [-0.2, 0) is 21.4 Å². The van der Waals surface area contributed by atoms with Crippen molar-refractivity contribution in [3.8, 4) is 0 Å². The van der Waals surface area contributed by atoms with Crippen molar-refractivity contribution < 1.29 is 18.1 Å². The second kappa shape index (κ2) is 8.41. The second-order valence-corrected chi connectivity index (χ2v) is 7.15. The highest BCUT2D eigenvalue weighted by atomic mass is 32.2. The van der Waals surface area contributed by atoms with E-state index < -0.39 is 20.6 Å². The summed E-state index contributed by atoms with van der Waals surface area (Å²) in [6.07, 6.45) is 0. The van der Waals surface area contributed by atoms with Gasteiger partial charge in [0.1, 0.15) is 5.69 Å². The smallest absolute Gasteiger partial charge is 0.293 e. The first kappa shape index (κ1) is 19.3. The highest BCUT2D eigenvalue weighted by Crippen LogP contribution is 2.27. The average molecular weight is 378 g/mol. The lowest BCUT2D eigenvalue weighted by molar-refractivity contribution is -0.384. The second-order valence-electron chi connectivity index (χ2n) is 5.26. The van der Waals surface area contributed by atoms with Crippen molar-refractivity contribution in [2.45, 2.75) is 11.4 Å². The fourth-order valence-corrected chi connectivity index (χ4v) is 2.88. The van der Waals surface area contributed by atoms with Gasteiger partial charge in [0.15, 0.2) is 0 Å². The molecule has 26 heavy (non-hydrogen) atoms. The molecule has 10 heteroatoms. The van der Waals surface area contributed by atoms with Crippen molar-refractivity contribution in [3.05, 3.63) is 64.2 Å². The molecule has 0 atom stereocenters. The van der Waals surface area contributed by atoms with E-state index in [1.54, 1.807) is 0 Å². The molecule has 0 spiro atoms. The summed E-state index contributed by atoms with van der Waals surface area (Å²) in [5.41, 5.74) is 0.547. The Hall–Kier alpha value is -2.98. The van der Waals surface area contributed by atoms with Crippen LogP contribution >= 0.6 is 0 Å². The molecule has 3 N–H and O–H groups in total. The molecule has 9 nitrogen and oxygen atoms in total. The molecule has 0 aliphatic carbocycles. The van der Waals surface area contributed by atoms with E-state index in [0.717, 1.165) is 11.6 Å². The monoisotopic (exact) mass is 378 g/mol. The molecule has 2 aromatic carbocycles. The van der Waals surface area contributed by atoms with Crippen molar-refractivity contribution in [2.75, 3.05) is 18.9 Å². The fourth-order valence-electron chi connectivity index (χ4n) is 2.13. The Bertz CT molecular complexity index is 900. The van der Waals surface area contributed by atoms with Crippen LogP contribution in [0.1, 0.15) is 5.56 Å². The molecule has 0 aliphatic rings. The fraction of sp³-hybridized carbons (Fsp3) is 0.188. The summed E-state index contributed by atoms with van der Waals surface area (Å²) in [7, 11) is -2.59. The molecule has 0 fully saturated rings. The number of benzene rings is 2. The van der Waals surface area contributed by atoms with Crippen molar-refractivity contribution in [1.82, 2.24) is 10.0 Å². The Kier molecular flexibility index (Phi) is 6.26. The molecule has 0 aromatic heterocycles. The van der Waals surface area contributed by atoms with E-state index >= 15 is 0 Å². The van der Waals surface area contributed by atoms with Gasteiger partial charge in [-0.2, -0.15) is 0 Å². The van der Waals surface area contributed by atoms with Crippen LogP contribution in [0.15, 0.2) is 53.4 Å². The van der Waals surface area contributed by atoms with Gasteiger partial charge in [-0.15, -0.1) is 0 Å². The minimum Gasteiger partial charge on any atom is -0.371 e. The van der Waals surface area contributed by atoms with E-state index in [0.29, 0.717) is 6.54 Å². The van der Waals surface area contributed by atoms with Crippen LogP contribution in [0.3, 0.4) is 0 Å². The lowest BCUT2D eigenvalue weighted by Gasteiger charge is -2.10. The summed E-state index contributed by atoms with van der Waals surface area (Å²) < 4.78 is 25.6. The van der Waals surface area contributed by atoms with Crippen LogP contribution in [0.25, 0.3) is 0 Å². The van der Waals surface area contributed by atoms with Crippen LogP contribution in [0, 0.1) is 10.1 Å². The van der Waals surface area contributed by atoms with Crippen LogP contribution in [-0.4, -0.2) is 32.8 Å². The molecule has 0 saturated heterocycles. The average Bonchev–Trinajstić information content (AvgIpc) is 2.65. The number of hydrogen-bond donors (Lipinski definition) is 3. The number of anilines is 1. The minimum atomic E-state index is -3.80. The number of amides is 1. The van der Waals surface area contributed by atoms with Gasteiger partial charge in [-0.05, 0) is 24.7 Å². The van der Waals surface area contributed by atoms with E-state index in [9.17, 15) is 23.3 Å². The van der Waals surface area contributed by atoms with Crippen LogP contribution in [0.4, 0.5) is 11.4 Å². The molecule has 0 radical (unpaired) electrons. The lowest BCUT2D eigenvalue weighted by atomic mass is 10.2. The standard InChI is InChI=1S/C16H18N4O5S/c1-17-26(24,25)13-7-8-14(15(9-13)20(22)23)18-11-16(21)19-10-12-5-3-2-4-6-12/h2-9,17-18H,10-11H2,1H3,(H,19,21). The molecular weight excluding hydrogens is 360 g/mol. The van der Waals surface area contributed by atoms with Crippen molar-refractivity contribution in [3.63, 3.8) is 0 Å². The number of carbonyl (C=O) groups is 1. The molecule has 0 bridgehead atoms. The quantitative estimate of drug-likeness (QED) is 0.468. The van der Waals surface area contributed by atoms with Gasteiger partial charge in [0.2, 0.25) is 15.9 Å². The first-order valence-corrected chi connectivity index (χ1v) is 9.08.